The molecule has 4 nitrogen and oxygen atoms in total. The van der Waals surface area contributed by atoms with Crippen LogP contribution in [0, 0.1) is 11.3 Å². The summed E-state index contributed by atoms with van der Waals surface area (Å²) < 4.78 is 0. The van der Waals surface area contributed by atoms with E-state index in [1.165, 1.54) is 12.8 Å². The SMILES string of the molecule is O=C(O)CNC(=O)C1CC12CCCC2. The van der Waals surface area contributed by atoms with Gasteiger partial charge < -0.3 is 10.4 Å². The number of carboxylic acids is 1. The molecule has 1 unspecified atom stereocenters. The van der Waals surface area contributed by atoms with Gasteiger partial charge in [0.2, 0.25) is 5.91 Å². The first-order chi connectivity index (χ1) is 6.64. The molecule has 2 rings (SSSR count). The Hall–Kier alpha value is -1.06. The second-order valence-corrected chi connectivity index (χ2v) is 4.44. The van der Waals surface area contributed by atoms with Gasteiger partial charge in [-0.2, -0.15) is 0 Å². The third-order valence-corrected chi connectivity index (χ3v) is 3.52. The molecule has 0 aromatic heterocycles. The minimum Gasteiger partial charge on any atom is -0.480 e. The second kappa shape index (κ2) is 3.26. The monoisotopic (exact) mass is 197 g/mol. The fourth-order valence-corrected chi connectivity index (χ4v) is 2.64. The third-order valence-electron chi connectivity index (χ3n) is 3.52. The molecule has 0 radical (unpaired) electrons. The van der Waals surface area contributed by atoms with E-state index in [2.05, 4.69) is 5.32 Å². The summed E-state index contributed by atoms with van der Waals surface area (Å²) in [6.45, 7) is -0.245. The molecule has 4 heteroatoms. The van der Waals surface area contributed by atoms with Crippen molar-refractivity contribution in [3.05, 3.63) is 0 Å². The van der Waals surface area contributed by atoms with E-state index >= 15 is 0 Å². The van der Waals surface area contributed by atoms with Crippen LogP contribution in [0.25, 0.3) is 0 Å². The lowest BCUT2D eigenvalue weighted by Crippen LogP contribution is -2.31. The number of aliphatic carboxylic acids is 1. The molecule has 1 amide bonds. The zero-order valence-electron chi connectivity index (χ0n) is 8.08. The Balaban J connectivity index is 1.81. The van der Waals surface area contributed by atoms with Gasteiger partial charge in [-0.15, -0.1) is 0 Å². The normalized spacial score (nSPS) is 27.6. The van der Waals surface area contributed by atoms with Crippen LogP contribution in [0.15, 0.2) is 0 Å². The van der Waals surface area contributed by atoms with Crippen molar-refractivity contribution in [2.24, 2.45) is 11.3 Å². The minimum atomic E-state index is -0.973. The zero-order chi connectivity index (χ0) is 10.2. The van der Waals surface area contributed by atoms with E-state index in [9.17, 15) is 9.59 Å². The smallest absolute Gasteiger partial charge is 0.322 e. The molecule has 0 aliphatic heterocycles. The maximum Gasteiger partial charge on any atom is 0.322 e. The number of hydrogen-bond donors (Lipinski definition) is 2. The number of carboxylic acid groups (broad SMARTS) is 1. The fourth-order valence-electron chi connectivity index (χ4n) is 2.64. The van der Waals surface area contributed by atoms with E-state index in [4.69, 9.17) is 5.11 Å². The van der Waals surface area contributed by atoms with Crippen molar-refractivity contribution in [1.82, 2.24) is 5.32 Å². The molecule has 2 aliphatic carbocycles. The van der Waals surface area contributed by atoms with E-state index in [0.29, 0.717) is 0 Å². The summed E-state index contributed by atoms with van der Waals surface area (Å²) in [6, 6.07) is 0. The summed E-state index contributed by atoms with van der Waals surface area (Å²) in [7, 11) is 0. The van der Waals surface area contributed by atoms with Gasteiger partial charge in [0.05, 0.1) is 0 Å². The Kier molecular flexibility index (Phi) is 2.21. The van der Waals surface area contributed by atoms with Crippen LogP contribution in [0.2, 0.25) is 0 Å². The lowest BCUT2D eigenvalue weighted by Gasteiger charge is -2.07. The van der Waals surface area contributed by atoms with Crippen molar-refractivity contribution in [2.45, 2.75) is 32.1 Å². The highest BCUT2D eigenvalue weighted by atomic mass is 16.4. The van der Waals surface area contributed by atoms with Gasteiger partial charge in [-0.25, -0.2) is 0 Å². The number of carbonyl (C=O) groups excluding carboxylic acids is 1. The Morgan fingerprint density at radius 2 is 2.00 bits per heavy atom. The number of amides is 1. The zero-order valence-corrected chi connectivity index (χ0v) is 8.08. The summed E-state index contributed by atoms with van der Waals surface area (Å²) >= 11 is 0. The minimum absolute atomic E-state index is 0.0608. The molecule has 2 fully saturated rings. The van der Waals surface area contributed by atoms with Gasteiger partial charge >= 0.3 is 5.97 Å². The number of rotatable bonds is 3. The first kappa shape index (κ1) is 9.49. The molecule has 1 spiro atoms. The number of carbonyl (C=O) groups is 2. The van der Waals surface area contributed by atoms with Crippen LogP contribution in [0.4, 0.5) is 0 Å². The van der Waals surface area contributed by atoms with Crippen LogP contribution >= 0.6 is 0 Å². The predicted molar refractivity (Wildman–Crippen MR) is 49.7 cm³/mol. The summed E-state index contributed by atoms with van der Waals surface area (Å²) in [5, 5.41) is 10.9. The van der Waals surface area contributed by atoms with Crippen molar-refractivity contribution in [3.63, 3.8) is 0 Å². The standard InChI is InChI=1S/C10H15NO3/c12-8(13)6-11-9(14)7-5-10(7)3-1-2-4-10/h7H,1-6H2,(H,11,14)(H,12,13). The summed E-state index contributed by atoms with van der Waals surface area (Å²) in [5.74, 6) is -0.932. The maximum absolute atomic E-state index is 11.5. The summed E-state index contributed by atoms with van der Waals surface area (Å²) in [4.78, 5) is 21.7. The Morgan fingerprint density at radius 1 is 1.36 bits per heavy atom. The number of nitrogens with one attached hydrogen (secondary N) is 1. The maximum atomic E-state index is 11.5. The summed E-state index contributed by atoms with van der Waals surface area (Å²) in [5.41, 5.74) is 0.266. The van der Waals surface area contributed by atoms with Crippen LogP contribution in [0.3, 0.4) is 0 Å². The lowest BCUT2D eigenvalue weighted by atomic mass is 10.0. The first-order valence-corrected chi connectivity index (χ1v) is 5.14. The topological polar surface area (TPSA) is 66.4 Å². The van der Waals surface area contributed by atoms with Gasteiger partial charge in [0.1, 0.15) is 6.54 Å². The molecule has 0 aromatic carbocycles. The molecule has 0 aromatic rings. The number of hydrogen-bond acceptors (Lipinski definition) is 2. The molecular formula is C10H15NO3. The third kappa shape index (κ3) is 1.61. The predicted octanol–water partition coefficient (Wildman–Crippen LogP) is 0.767. The van der Waals surface area contributed by atoms with Gasteiger partial charge in [-0.05, 0) is 24.7 Å². The van der Waals surface area contributed by atoms with Crippen LogP contribution in [0.1, 0.15) is 32.1 Å². The Bertz CT molecular complexity index is 269. The van der Waals surface area contributed by atoms with Crippen molar-refractivity contribution < 1.29 is 14.7 Å². The molecular weight excluding hydrogens is 182 g/mol. The quantitative estimate of drug-likeness (QED) is 0.702. The molecule has 0 heterocycles. The van der Waals surface area contributed by atoms with E-state index in [0.717, 1.165) is 19.3 Å². The van der Waals surface area contributed by atoms with Crippen LogP contribution in [-0.2, 0) is 9.59 Å². The average molecular weight is 197 g/mol. The molecule has 2 saturated carbocycles. The lowest BCUT2D eigenvalue weighted by molar-refractivity contribution is -0.138. The van der Waals surface area contributed by atoms with E-state index < -0.39 is 5.97 Å². The van der Waals surface area contributed by atoms with E-state index in [1.54, 1.807) is 0 Å². The van der Waals surface area contributed by atoms with Crippen LogP contribution in [0.5, 0.6) is 0 Å². The van der Waals surface area contributed by atoms with Crippen molar-refractivity contribution in [3.8, 4) is 0 Å². The molecule has 2 N–H and O–H groups in total. The van der Waals surface area contributed by atoms with E-state index in [-0.39, 0.29) is 23.8 Å². The molecule has 0 bridgehead atoms. The van der Waals surface area contributed by atoms with Crippen molar-refractivity contribution in [1.29, 1.82) is 0 Å². The molecule has 1 atom stereocenters. The molecule has 78 valence electrons. The average Bonchev–Trinajstić information content (AvgIpc) is 2.61. The van der Waals surface area contributed by atoms with Crippen LogP contribution in [-0.4, -0.2) is 23.5 Å². The van der Waals surface area contributed by atoms with Crippen molar-refractivity contribution in [2.75, 3.05) is 6.54 Å². The van der Waals surface area contributed by atoms with Gasteiger partial charge in [0.15, 0.2) is 0 Å². The van der Waals surface area contributed by atoms with E-state index in [1.807, 2.05) is 0 Å². The molecule has 14 heavy (non-hydrogen) atoms. The van der Waals surface area contributed by atoms with Gasteiger partial charge in [-0.3, -0.25) is 9.59 Å². The second-order valence-electron chi connectivity index (χ2n) is 4.44. The highest BCUT2D eigenvalue weighted by Gasteiger charge is 2.58. The fraction of sp³-hybridized carbons (Fsp3) is 0.800. The first-order valence-electron chi connectivity index (χ1n) is 5.14. The summed E-state index contributed by atoms with van der Waals surface area (Å²) in [6.07, 6.45) is 5.72. The Labute approximate surface area is 82.7 Å². The highest BCUT2D eigenvalue weighted by molar-refractivity contribution is 5.85. The molecule has 2 aliphatic rings. The van der Waals surface area contributed by atoms with Crippen molar-refractivity contribution >= 4 is 11.9 Å². The van der Waals surface area contributed by atoms with Crippen LogP contribution < -0.4 is 5.32 Å². The van der Waals surface area contributed by atoms with Gasteiger partial charge in [0.25, 0.3) is 0 Å². The van der Waals surface area contributed by atoms with Gasteiger partial charge in [0, 0.05) is 5.92 Å². The molecule has 0 saturated heterocycles. The Morgan fingerprint density at radius 3 is 2.57 bits per heavy atom. The highest BCUT2D eigenvalue weighted by Crippen LogP contribution is 2.62. The van der Waals surface area contributed by atoms with Gasteiger partial charge in [-0.1, -0.05) is 12.8 Å². The largest absolute Gasteiger partial charge is 0.480 e.